The highest BCUT2D eigenvalue weighted by molar-refractivity contribution is 7.14. The van der Waals surface area contributed by atoms with Crippen molar-refractivity contribution in [2.75, 3.05) is 20.2 Å². The Morgan fingerprint density at radius 2 is 1.87 bits per heavy atom. The molecule has 0 unspecified atom stereocenters. The van der Waals surface area contributed by atoms with E-state index in [9.17, 15) is 14.9 Å². The lowest BCUT2D eigenvalue weighted by Crippen LogP contribution is -2.38. The van der Waals surface area contributed by atoms with Gasteiger partial charge in [0.1, 0.15) is 10.8 Å². The fraction of sp³-hybridized carbons (Fsp3) is 0.318. The minimum atomic E-state index is -0.441. The van der Waals surface area contributed by atoms with Crippen LogP contribution < -0.4 is 4.74 Å². The molecule has 0 atom stereocenters. The van der Waals surface area contributed by atoms with Crippen LogP contribution in [0.25, 0.3) is 10.6 Å². The van der Waals surface area contributed by atoms with Crippen LogP contribution in [0, 0.1) is 10.1 Å². The third kappa shape index (κ3) is 4.72. The van der Waals surface area contributed by atoms with E-state index in [1.165, 1.54) is 12.1 Å². The Bertz CT molecular complexity index is 1080. The van der Waals surface area contributed by atoms with Crippen molar-refractivity contribution in [3.63, 3.8) is 0 Å². The van der Waals surface area contributed by atoms with Gasteiger partial charge in [-0.2, -0.15) is 0 Å². The predicted octanol–water partition coefficient (Wildman–Crippen LogP) is 4.07. The number of nitrogens with zero attached hydrogens (tertiary/aromatic N) is 4. The number of aromatic nitrogens is 2. The second kappa shape index (κ2) is 9.22. The molecule has 160 valence electrons. The van der Waals surface area contributed by atoms with Gasteiger partial charge in [0.05, 0.1) is 24.0 Å². The predicted molar refractivity (Wildman–Crippen MR) is 117 cm³/mol. The Kier molecular flexibility index (Phi) is 6.22. The van der Waals surface area contributed by atoms with Crippen molar-refractivity contribution >= 4 is 22.9 Å². The molecule has 1 saturated heterocycles. The number of nitro benzene ring substituents is 1. The molecular formula is C22H22N4O4S. The third-order valence-electron chi connectivity index (χ3n) is 5.48. The first-order valence-corrected chi connectivity index (χ1v) is 10.8. The molecule has 9 heteroatoms. The maximum absolute atomic E-state index is 12.6. The Hall–Kier alpha value is -3.33. The molecule has 0 radical (unpaired) electrons. The van der Waals surface area contributed by atoms with Crippen molar-refractivity contribution < 1.29 is 14.5 Å². The van der Waals surface area contributed by atoms with Crippen LogP contribution in [-0.2, 0) is 11.2 Å². The zero-order valence-electron chi connectivity index (χ0n) is 17.1. The molecule has 0 N–H and O–H groups in total. The molecule has 1 aliphatic rings. The van der Waals surface area contributed by atoms with Crippen LogP contribution in [0.4, 0.5) is 5.69 Å². The molecule has 31 heavy (non-hydrogen) atoms. The van der Waals surface area contributed by atoms with Crippen molar-refractivity contribution in [1.29, 1.82) is 0 Å². The average Bonchev–Trinajstić information content (AvgIpc) is 3.29. The van der Waals surface area contributed by atoms with Crippen molar-refractivity contribution in [3.05, 3.63) is 69.2 Å². The number of non-ortho nitro benzene ring substituents is 1. The molecular weight excluding hydrogens is 416 g/mol. The lowest BCUT2D eigenvalue weighted by Gasteiger charge is -2.31. The lowest BCUT2D eigenvalue weighted by atomic mass is 9.97. The van der Waals surface area contributed by atoms with Gasteiger partial charge in [-0.1, -0.05) is 35.6 Å². The molecule has 2 heterocycles. The number of nitro groups is 1. The van der Waals surface area contributed by atoms with E-state index in [4.69, 9.17) is 4.74 Å². The van der Waals surface area contributed by atoms with E-state index in [2.05, 4.69) is 10.2 Å². The zero-order valence-corrected chi connectivity index (χ0v) is 17.9. The molecule has 2 aromatic carbocycles. The van der Waals surface area contributed by atoms with Gasteiger partial charge in [0.25, 0.3) is 5.69 Å². The van der Waals surface area contributed by atoms with Crippen LogP contribution in [0.15, 0.2) is 48.5 Å². The summed E-state index contributed by atoms with van der Waals surface area (Å²) in [7, 11) is 1.64. The number of methoxy groups -OCH3 is 1. The molecule has 3 aromatic rings. The third-order valence-corrected chi connectivity index (χ3v) is 6.60. The number of ether oxygens (including phenoxy) is 1. The summed E-state index contributed by atoms with van der Waals surface area (Å²) in [5.74, 6) is 1.10. The quantitative estimate of drug-likeness (QED) is 0.425. The first-order chi connectivity index (χ1) is 15.0. The lowest BCUT2D eigenvalue weighted by molar-refractivity contribution is -0.384. The molecule has 0 bridgehead atoms. The summed E-state index contributed by atoms with van der Waals surface area (Å²) in [5.41, 5.74) is 1.74. The molecule has 1 aromatic heterocycles. The molecule has 4 rings (SSSR count). The molecule has 8 nitrogen and oxygen atoms in total. The SMILES string of the molecule is COc1ccccc1-c1nnc(C2CCN(C(=O)Cc3ccc([N+](=O)[O-])cc3)CC2)s1. The van der Waals surface area contributed by atoms with E-state index in [1.807, 2.05) is 29.2 Å². The Labute approximate surface area is 183 Å². The summed E-state index contributed by atoms with van der Waals surface area (Å²) >= 11 is 1.58. The van der Waals surface area contributed by atoms with Crippen molar-refractivity contribution in [2.45, 2.75) is 25.2 Å². The van der Waals surface area contributed by atoms with E-state index in [1.54, 1.807) is 30.6 Å². The molecule has 0 aliphatic carbocycles. The number of benzene rings is 2. The van der Waals surface area contributed by atoms with Crippen LogP contribution >= 0.6 is 11.3 Å². The van der Waals surface area contributed by atoms with Crippen molar-refractivity contribution in [1.82, 2.24) is 15.1 Å². The van der Waals surface area contributed by atoms with Crippen LogP contribution in [0.3, 0.4) is 0 Å². The largest absolute Gasteiger partial charge is 0.496 e. The number of carbonyl (C=O) groups excluding carboxylic acids is 1. The van der Waals surface area contributed by atoms with Gasteiger partial charge in [0.2, 0.25) is 5.91 Å². The smallest absolute Gasteiger partial charge is 0.269 e. The molecule has 1 fully saturated rings. The maximum atomic E-state index is 12.6. The molecule has 0 spiro atoms. The van der Waals surface area contributed by atoms with Gasteiger partial charge in [-0.3, -0.25) is 14.9 Å². The minimum Gasteiger partial charge on any atom is -0.496 e. The number of piperidine rings is 1. The number of rotatable bonds is 6. The fourth-order valence-electron chi connectivity index (χ4n) is 3.73. The van der Waals surface area contributed by atoms with E-state index < -0.39 is 4.92 Å². The number of amides is 1. The summed E-state index contributed by atoms with van der Waals surface area (Å²) in [5, 5.41) is 21.4. The van der Waals surface area contributed by atoms with Crippen LogP contribution in [0.2, 0.25) is 0 Å². The highest BCUT2D eigenvalue weighted by Crippen LogP contribution is 2.36. The Morgan fingerprint density at radius 1 is 1.16 bits per heavy atom. The van der Waals surface area contributed by atoms with Gasteiger partial charge >= 0.3 is 0 Å². The monoisotopic (exact) mass is 438 g/mol. The first-order valence-electron chi connectivity index (χ1n) is 10.0. The first kappa shape index (κ1) is 20.9. The number of likely N-dealkylation sites (tertiary alicyclic amines) is 1. The van der Waals surface area contributed by atoms with Gasteiger partial charge in [-0.25, -0.2) is 0 Å². The molecule has 1 aliphatic heterocycles. The Morgan fingerprint density at radius 3 is 2.55 bits per heavy atom. The summed E-state index contributed by atoms with van der Waals surface area (Å²) in [6.45, 7) is 1.33. The minimum absolute atomic E-state index is 0.0292. The molecule has 1 amide bonds. The second-order valence-corrected chi connectivity index (χ2v) is 8.41. The van der Waals surface area contributed by atoms with Crippen molar-refractivity contribution in [2.24, 2.45) is 0 Å². The van der Waals surface area contributed by atoms with Gasteiger partial charge in [0.15, 0.2) is 5.01 Å². The summed E-state index contributed by atoms with van der Waals surface area (Å²) < 4.78 is 5.42. The van der Waals surface area contributed by atoms with Crippen LogP contribution in [0.1, 0.15) is 29.3 Å². The summed E-state index contributed by atoms with van der Waals surface area (Å²) in [4.78, 5) is 24.8. The van der Waals surface area contributed by atoms with Gasteiger partial charge < -0.3 is 9.64 Å². The molecule has 0 saturated carbocycles. The fourth-order valence-corrected chi connectivity index (χ4v) is 4.77. The summed E-state index contributed by atoms with van der Waals surface area (Å²) in [6, 6.07) is 13.9. The number of carbonyl (C=O) groups is 1. The van der Waals surface area contributed by atoms with Crippen molar-refractivity contribution in [3.8, 4) is 16.3 Å². The second-order valence-electron chi connectivity index (χ2n) is 7.40. The normalized spacial score (nSPS) is 14.4. The number of para-hydroxylation sites is 1. The topological polar surface area (TPSA) is 98.5 Å². The highest BCUT2D eigenvalue weighted by Gasteiger charge is 2.26. The standard InChI is InChI=1S/C22H22N4O4S/c1-30-19-5-3-2-4-18(19)22-24-23-21(31-22)16-10-12-25(13-11-16)20(27)14-15-6-8-17(9-7-15)26(28)29/h2-9,16H,10-14H2,1H3. The number of hydrogen-bond donors (Lipinski definition) is 0. The Balaban J connectivity index is 1.35. The van der Waals surface area contributed by atoms with Crippen LogP contribution in [0.5, 0.6) is 5.75 Å². The van der Waals surface area contributed by atoms with E-state index in [-0.39, 0.29) is 23.9 Å². The summed E-state index contributed by atoms with van der Waals surface area (Å²) in [6.07, 6.45) is 1.93. The number of hydrogen-bond acceptors (Lipinski definition) is 7. The maximum Gasteiger partial charge on any atom is 0.269 e. The van der Waals surface area contributed by atoms with Crippen LogP contribution in [-0.4, -0.2) is 46.1 Å². The van der Waals surface area contributed by atoms with E-state index in [0.717, 1.165) is 39.7 Å². The van der Waals surface area contributed by atoms with Gasteiger partial charge in [-0.05, 0) is 30.5 Å². The van der Waals surface area contributed by atoms with E-state index >= 15 is 0 Å². The van der Waals surface area contributed by atoms with E-state index in [0.29, 0.717) is 13.1 Å². The van der Waals surface area contributed by atoms with Gasteiger partial charge in [0, 0.05) is 31.1 Å². The average molecular weight is 439 g/mol. The zero-order chi connectivity index (χ0) is 21.8. The highest BCUT2D eigenvalue weighted by atomic mass is 32.1. The van der Waals surface area contributed by atoms with Gasteiger partial charge in [-0.15, -0.1) is 10.2 Å².